The van der Waals surface area contributed by atoms with Gasteiger partial charge in [0.1, 0.15) is 0 Å². The van der Waals surface area contributed by atoms with E-state index in [1.807, 2.05) is 50.2 Å². The summed E-state index contributed by atoms with van der Waals surface area (Å²) in [5.74, 6) is 0. The van der Waals surface area contributed by atoms with E-state index < -0.39 is 0 Å². The molecule has 0 saturated carbocycles. The lowest BCUT2D eigenvalue weighted by atomic mass is 10.1. The van der Waals surface area contributed by atoms with E-state index in [0.717, 1.165) is 37.8 Å². The number of pyridine rings is 1. The van der Waals surface area contributed by atoms with Gasteiger partial charge in [0.15, 0.2) is 0 Å². The fourth-order valence-electron chi connectivity index (χ4n) is 3.19. The van der Waals surface area contributed by atoms with Gasteiger partial charge in [0.2, 0.25) is 0 Å². The van der Waals surface area contributed by atoms with Crippen molar-refractivity contribution >= 4 is 45.4 Å². The third-order valence-electron chi connectivity index (χ3n) is 4.55. The van der Waals surface area contributed by atoms with Gasteiger partial charge in [-0.25, -0.2) is 4.98 Å². The summed E-state index contributed by atoms with van der Waals surface area (Å²) in [6.07, 6.45) is 0. The van der Waals surface area contributed by atoms with Gasteiger partial charge in [0.25, 0.3) is 0 Å². The zero-order valence-electron chi connectivity index (χ0n) is 16.9. The second-order valence-electron chi connectivity index (χ2n) is 7.00. The molecule has 0 fully saturated rings. The number of para-hydroxylation sites is 1. The number of hydrogen-bond acceptors (Lipinski definition) is 3. The van der Waals surface area contributed by atoms with E-state index in [0.29, 0.717) is 0 Å². The number of benzene rings is 2. The lowest BCUT2D eigenvalue weighted by Crippen LogP contribution is -2.05. The summed E-state index contributed by atoms with van der Waals surface area (Å²) in [6.45, 7) is 10.3. The van der Waals surface area contributed by atoms with Gasteiger partial charge in [0.05, 0.1) is 34.2 Å². The van der Waals surface area contributed by atoms with Crippen LogP contribution in [0.1, 0.15) is 41.9 Å². The topological polar surface area (TPSA) is 37.6 Å². The highest BCUT2D eigenvalue weighted by Gasteiger charge is 2.08. The summed E-state index contributed by atoms with van der Waals surface area (Å²) in [7, 11) is 0. The van der Waals surface area contributed by atoms with Crippen LogP contribution in [0.2, 0.25) is 0 Å². The zero-order chi connectivity index (χ0) is 20.3. The van der Waals surface area contributed by atoms with Gasteiger partial charge < -0.3 is 0 Å². The number of nitrogens with zero attached hydrogens (tertiary/aromatic N) is 3. The van der Waals surface area contributed by atoms with Crippen LogP contribution in [0.3, 0.4) is 0 Å². The van der Waals surface area contributed by atoms with Crippen LogP contribution >= 0.6 is 22.6 Å². The van der Waals surface area contributed by atoms with E-state index in [1.54, 1.807) is 0 Å². The quantitative estimate of drug-likeness (QED) is 0.295. The highest BCUT2D eigenvalue weighted by atomic mass is 127. The largest absolute Gasteiger partial charge is 0.251 e. The minimum absolute atomic E-state index is 0.865. The average molecular weight is 481 g/mol. The predicted molar refractivity (Wildman–Crippen MR) is 128 cm³/mol. The molecule has 3 aromatic rings. The molecule has 28 heavy (non-hydrogen) atoms. The molecule has 4 heteroatoms. The molecule has 0 aliphatic carbocycles. The fraction of sp³-hybridized carbons (Fsp3) is 0.208. The first kappa shape index (κ1) is 20.4. The Morgan fingerprint density at radius 1 is 0.786 bits per heavy atom. The molecule has 0 aliphatic rings. The van der Waals surface area contributed by atoms with Crippen LogP contribution in [0, 0.1) is 24.3 Å². The van der Waals surface area contributed by atoms with Crippen molar-refractivity contribution < 1.29 is 0 Å². The number of aromatic nitrogens is 1. The molecule has 0 N–H and O–H groups in total. The second-order valence-corrected chi connectivity index (χ2v) is 8.16. The first-order valence-corrected chi connectivity index (χ1v) is 10.3. The Labute approximate surface area is 180 Å². The Hall–Kier alpha value is -2.34. The Balaban J connectivity index is 1.96. The first-order chi connectivity index (χ1) is 13.3. The molecule has 3 nitrogen and oxygen atoms in total. The average Bonchev–Trinajstić information content (AvgIpc) is 2.66. The van der Waals surface area contributed by atoms with Crippen LogP contribution in [-0.4, -0.2) is 16.4 Å². The zero-order valence-corrected chi connectivity index (χ0v) is 19.1. The Bertz CT molecular complexity index is 1060. The monoisotopic (exact) mass is 481 g/mol. The minimum atomic E-state index is 0.865. The van der Waals surface area contributed by atoms with Crippen molar-refractivity contribution in [2.75, 3.05) is 0 Å². The molecule has 3 rings (SSSR count). The third kappa shape index (κ3) is 4.73. The number of aryl methyl sites for hydroxylation is 3. The van der Waals surface area contributed by atoms with E-state index in [9.17, 15) is 0 Å². The molecule has 0 atom stereocenters. The van der Waals surface area contributed by atoms with Gasteiger partial charge in [-0.3, -0.25) is 9.98 Å². The standard InChI is InChI=1S/C24H24IN3/c1-15-13-16(2)24(17(3)14-15)27-19(5)22-12-8-11-21(28-22)18(4)26-23-10-7-6-9-20(23)25/h6-14H,1-5H3. The fourth-order valence-corrected chi connectivity index (χ4v) is 3.70. The number of rotatable bonds is 4. The number of aliphatic imine (C=N–C) groups is 2. The third-order valence-corrected chi connectivity index (χ3v) is 5.46. The lowest BCUT2D eigenvalue weighted by Gasteiger charge is -2.09. The molecule has 0 aliphatic heterocycles. The Morgan fingerprint density at radius 3 is 1.96 bits per heavy atom. The Morgan fingerprint density at radius 2 is 1.36 bits per heavy atom. The summed E-state index contributed by atoms with van der Waals surface area (Å²) in [4.78, 5) is 14.4. The maximum Gasteiger partial charge on any atom is 0.0849 e. The van der Waals surface area contributed by atoms with Crippen molar-refractivity contribution in [1.82, 2.24) is 4.98 Å². The predicted octanol–water partition coefficient (Wildman–Crippen LogP) is 6.89. The molecule has 0 saturated heterocycles. The molecule has 0 bridgehead atoms. The maximum absolute atomic E-state index is 4.88. The van der Waals surface area contributed by atoms with Crippen molar-refractivity contribution in [2.24, 2.45) is 9.98 Å². The first-order valence-electron chi connectivity index (χ1n) is 9.26. The van der Waals surface area contributed by atoms with E-state index in [2.05, 4.69) is 61.6 Å². The van der Waals surface area contributed by atoms with Gasteiger partial charge in [-0.1, -0.05) is 35.9 Å². The molecule has 1 heterocycles. The molecule has 2 aromatic carbocycles. The normalized spacial score (nSPS) is 12.4. The minimum Gasteiger partial charge on any atom is -0.251 e. The molecule has 0 radical (unpaired) electrons. The van der Waals surface area contributed by atoms with E-state index in [-0.39, 0.29) is 0 Å². The smallest absolute Gasteiger partial charge is 0.0849 e. The van der Waals surface area contributed by atoms with Crippen molar-refractivity contribution in [1.29, 1.82) is 0 Å². The number of halogens is 1. The highest BCUT2D eigenvalue weighted by Crippen LogP contribution is 2.26. The molecule has 0 unspecified atom stereocenters. The van der Waals surface area contributed by atoms with Crippen molar-refractivity contribution in [2.45, 2.75) is 34.6 Å². The van der Waals surface area contributed by atoms with Crippen LogP contribution < -0.4 is 0 Å². The van der Waals surface area contributed by atoms with Crippen molar-refractivity contribution in [3.8, 4) is 0 Å². The maximum atomic E-state index is 4.88. The summed E-state index contributed by atoms with van der Waals surface area (Å²) in [5.41, 5.74) is 9.14. The van der Waals surface area contributed by atoms with Crippen LogP contribution in [0.4, 0.5) is 11.4 Å². The van der Waals surface area contributed by atoms with E-state index in [1.165, 1.54) is 16.7 Å². The van der Waals surface area contributed by atoms with Crippen molar-refractivity contribution in [3.05, 3.63) is 86.2 Å². The Kier molecular flexibility index (Phi) is 6.39. The summed E-state index contributed by atoms with van der Waals surface area (Å²) >= 11 is 2.30. The van der Waals surface area contributed by atoms with Crippen molar-refractivity contribution in [3.63, 3.8) is 0 Å². The van der Waals surface area contributed by atoms with Gasteiger partial charge in [-0.15, -0.1) is 0 Å². The van der Waals surface area contributed by atoms with Crippen LogP contribution in [0.15, 0.2) is 64.6 Å². The van der Waals surface area contributed by atoms with Crippen LogP contribution in [-0.2, 0) is 0 Å². The molecular formula is C24H24IN3. The van der Waals surface area contributed by atoms with Crippen LogP contribution in [0.25, 0.3) is 0 Å². The van der Waals surface area contributed by atoms with Gasteiger partial charge in [-0.05, 0) is 92.6 Å². The molecule has 1 aromatic heterocycles. The van der Waals surface area contributed by atoms with E-state index in [4.69, 9.17) is 15.0 Å². The molecule has 142 valence electrons. The second kappa shape index (κ2) is 8.78. The molecule has 0 spiro atoms. The summed E-state index contributed by atoms with van der Waals surface area (Å²) < 4.78 is 1.12. The molecular weight excluding hydrogens is 457 g/mol. The van der Waals surface area contributed by atoms with Crippen LogP contribution in [0.5, 0.6) is 0 Å². The number of hydrogen-bond donors (Lipinski definition) is 0. The van der Waals surface area contributed by atoms with Gasteiger partial charge in [0, 0.05) is 3.57 Å². The summed E-state index contributed by atoms with van der Waals surface area (Å²) in [6, 6.07) is 18.4. The SMILES string of the molecule is CC(=Nc1ccccc1I)c1cccc(C(C)=Nc2c(C)cc(C)cc2C)n1. The van der Waals surface area contributed by atoms with Gasteiger partial charge in [-0.2, -0.15) is 0 Å². The molecule has 0 amide bonds. The lowest BCUT2D eigenvalue weighted by molar-refractivity contribution is 1.23. The van der Waals surface area contributed by atoms with Gasteiger partial charge >= 0.3 is 0 Å². The summed E-state index contributed by atoms with van der Waals surface area (Å²) in [5, 5.41) is 0. The van der Waals surface area contributed by atoms with E-state index >= 15 is 0 Å². The highest BCUT2D eigenvalue weighted by molar-refractivity contribution is 14.1.